The van der Waals surface area contributed by atoms with Gasteiger partial charge >= 0.3 is 0 Å². The minimum atomic E-state index is 0.634. The summed E-state index contributed by atoms with van der Waals surface area (Å²) in [6, 6.07) is 15.6. The number of para-hydroxylation sites is 2. The van der Waals surface area contributed by atoms with E-state index in [1.165, 1.54) is 47.9 Å². The van der Waals surface area contributed by atoms with E-state index in [0.29, 0.717) is 12.8 Å². The van der Waals surface area contributed by atoms with Gasteiger partial charge in [0.2, 0.25) is 0 Å². The number of halogens is 1. The molecule has 36 heavy (non-hydrogen) atoms. The third-order valence-electron chi connectivity index (χ3n) is 8.09. The Balaban J connectivity index is 1.20. The second kappa shape index (κ2) is 10.7. The predicted molar refractivity (Wildman–Crippen MR) is 153 cm³/mol. The lowest BCUT2D eigenvalue weighted by atomic mass is 9.93. The summed E-state index contributed by atoms with van der Waals surface area (Å²) in [5.74, 6) is 1.95. The van der Waals surface area contributed by atoms with Gasteiger partial charge in [0.05, 0.1) is 12.8 Å². The topological polar surface area (TPSA) is 41.1 Å². The molecule has 190 valence electrons. The average molecular weight is 599 g/mol. The highest BCUT2D eigenvalue weighted by Crippen LogP contribution is 2.38. The minimum absolute atomic E-state index is 0.634. The van der Waals surface area contributed by atoms with E-state index in [1.54, 1.807) is 7.11 Å². The van der Waals surface area contributed by atoms with E-state index in [-0.39, 0.29) is 0 Å². The van der Waals surface area contributed by atoms with Crippen molar-refractivity contribution in [3.05, 3.63) is 59.8 Å². The summed E-state index contributed by atoms with van der Waals surface area (Å²) in [6.45, 7) is 6.63. The summed E-state index contributed by atoms with van der Waals surface area (Å²) >= 11 is 2.61. The van der Waals surface area contributed by atoms with Crippen LogP contribution in [0.25, 0.3) is 10.9 Å². The van der Waals surface area contributed by atoms with Crippen LogP contribution in [0.2, 0.25) is 0 Å². The second-order valence-corrected chi connectivity index (χ2v) is 12.0. The zero-order valence-electron chi connectivity index (χ0n) is 21.0. The molecule has 6 nitrogen and oxygen atoms in total. The molecule has 1 saturated heterocycles. The summed E-state index contributed by atoms with van der Waals surface area (Å²) in [4.78, 5) is 12.3. The van der Waals surface area contributed by atoms with Gasteiger partial charge < -0.3 is 14.4 Å². The molecule has 3 heterocycles. The molecule has 0 N–H and O–H groups in total. The van der Waals surface area contributed by atoms with E-state index >= 15 is 0 Å². The van der Waals surface area contributed by atoms with E-state index in [1.807, 2.05) is 18.3 Å². The van der Waals surface area contributed by atoms with Gasteiger partial charge in [0.1, 0.15) is 18.0 Å². The maximum absolute atomic E-state index is 6.39. The summed E-state index contributed by atoms with van der Waals surface area (Å²) < 4.78 is 12.8. The van der Waals surface area contributed by atoms with Crippen molar-refractivity contribution in [2.45, 2.75) is 48.7 Å². The Morgan fingerprint density at radius 1 is 1.03 bits per heavy atom. The Bertz CT molecular complexity index is 1210. The van der Waals surface area contributed by atoms with Gasteiger partial charge in [0.25, 0.3) is 0 Å². The second-order valence-electron chi connectivity index (χ2n) is 10.3. The molecule has 0 bridgehead atoms. The van der Waals surface area contributed by atoms with Crippen LogP contribution in [0.5, 0.6) is 11.5 Å². The Kier molecular flexibility index (Phi) is 7.22. The third-order valence-corrected chi connectivity index (χ3v) is 9.34. The Morgan fingerprint density at radius 2 is 1.83 bits per heavy atom. The molecule has 0 radical (unpaired) electrons. The molecule has 3 aromatic rings. The van der Waals surface area contributed by atoms with Gasteiger partial charge in [0.15, 0.2) is 5.75 Å². The van der Waals surface area contributed by atoms with Crippen molar-refractivity contribution < 1.29 is 9.47 Å². The zero-order chi connectivity index (χ0) is 24.5. The standard InChI is InChI=1S/C29H35IN4O2/c1-35-27-7-3-2-6-26(27)33-15-13-32(14-16-33)18-21-17-22-19-34(24-10-8-23(30)9-11-24)20-36-29(22)28-25(21)5-4-12-31-28/h2-7,12,17,23-24H,8-11,13-16,18-20H2,1H3. The van der Waals surface area contributed by atoms with Crippen molar-refractivity contribution in [2.75, 3.05) is 44.9 Å². The van der Waals surface area contributed by atoms with Gasteiger partial charge in [-0.3, -0.25) is 14.8 Å². The molecule has 0 unspecified atom stereocenters. The largest absolute Gasteiger partial charge is 0.495 e. The van der Waals surface area contributed by atoms with Crippen LogP contribution < -0.4 is 14.4 Å². The molecule has 0 atom stereocenters. The molecule has 1 aliphatic carbocycles. The summed E-state index contributed by atoms with van der Waals surface area (Å²) in [6.07, 6.45) is 7.10. The highest BCUT2D eigenvalue weighted by molar-refractivity contribution is 14.1. The molecule has 2 fully saturated rings. The Morgan fingerprint density at radius 3 is 2.64 bits per heavy atom. The molecule has 0 spiro atoms. The third kappa shape index (κ3) is 4.89. The van der Waals surface area contributed by atoms with Crippen molar-refractivity contribution >= 4 is 39.2 Å². The number of fused-ring (bicyclic) bond motifs is 3. The minimum Gasteiger partial charge on any atom is -0.495 e. The van der Waals surface area contributed by atoms with E-state index in [9.17, 15) is 0 Å². The summed E-state index contributed by atoms with van der Waals surface area (Å²) in [5.41, 5.74) is 4.88. The number of alkyl halides is 1. The number of nitrogens with zero attached hydrogens (tertiary/aromatic N) is 4. The van der Waals surface area contributed by atoms with Crippen molar-refractivity contribution in [3.8, 4) is 11.5 Å². The number of ether oxygens (including phenoxy) is 2. The monoisotopic (exact) mass is 598 g/mol. The highest BCUT2D eigenvalue weighted by Gasteiger charge is 2.30. The van der Waals surface area contributed by atoms with Gasteiger partial charge in [-0.2, -0.15) is 0 Å². The quantitative estimate of drug-likeness (QED) is 0.287. The van der Waals surface area contributed by atoms with Gasteiger partial charge in [0, 0.05) is 66.4 Å². The molecular formula is C29H35IN4O2. The Hall–Kier alpha value is -2.10. The van der Waals surface area contributed by atoms with E-state index < -0.39 is 0 Å². The van der Waals surface area contributed by atoms with Crippen molar-refractivity contribution in [1.82, 2.24) is 14.8 Å². The first-order valence-corrected chi connectivity index (χ1v) is 14.4. The number of anilines is 1. The van der Waals surface area contributed by atoms with Crippen molar-refractivity contribution in [2.24, 2.45) is 0 Å². The molecule has 2 aliphatic heterocycles. The molecule has 2 aromatic carbocycles. The van der Waals surface area contributed by atoms with Crippen LogP contribution in [0.4, 0.5) is 5.69 Å². The fourth-order valence-electron chi connectivity index (χ4n) is 6.09. The smallest absolute Gasteiger partial charge is 0.152 e. The van der Waals surface area contributed by atoms with E-state index in [0.717, 1.165) is 60.2 Å². The maximum Gasteiger partial charge on any atom is 0.152 e. The number of piperazine rings is 1. The maximum atomic E-state index is 6.39. The molecular weight excluding hydrogens is 563 g/mol. The SMILES string of the molecule is COc1ccccc1N1CCN(Cc2cc3c(c4ncccc24)OCN(C2CCC(I)CC2)C3)CC1. The van der Waals surface area contributed by atoms with Crippen LogP contribution in [0.15, 0.2) is 48.7 Å². The number of hydrogen-bond donors (Lipinski definition) is 0. The van der Waals surface area contributed by atoms with Crippen molar-refractivity contribution in [1.29, 1.82) is 0 Å². The first-order valence-electron chi connectivity index (χ1n) is 13.2. The molecule has 7 heteroatoms. The van der Waals surface area contributed by atoms with Crippen LogP contribution in [0, 0.1) is 0 Å². The number of pyridine rings is 1. The number of rotatable bonds is 5. The first-order chi connectivity index (χ1) is 17.7. The number of methoxy groups -OCH3 is 1. The Labute approximate surface area is 227 Å². The van der Waals surface area contributed by atoms with Crippen LogP contribution in [0.1, 0.15) is 36.8 Å². The fraction of sp³-hybridized carbons (Fsp3) is 0.483. The normalized spacial score (nSPS) is 23.3. The molecule has 0 amide bonds. The molecule has 3 aliphatic rings. The van der Waals surface area contributed by atoms with E-state index in [4.69, 9.17) is 14.5 Å². The van der Waals surface area contributed by atoms with Gasteiger partial charge in [-0.05, 0) is 55.5 Å². The van der Waals surface area contributed by atoms with E-state index in [2.05, 4.69) is 67.6 Å². The average Bonchev–Trinajstić information content (AvgIpc) is 2.94. The first kappa shape index (κ1) is 24.2. The summed E-state index contributed by atoms with van der Waals surface area (Å²) in [5, 5.41) is 1.22. The van der Waals surface area contributed by atoms with Gasteiger partial charge in [-0.1, -0.05) is 40.8 Å². The van der Waals surface area contributed by atoms with Crippen LogP contribution in [0.3, 0.4) is 0 Å². The van der Waals surface area contributed by atoms with Gasteiger partial charge in [-0.15, -0.1) is 0 Å². The lowest BCUT2D eigenvalue weighted by Gasteiger charge is -2.39. The van der Waals surface area contributed by atoms with Crippen LogP contribution in [-0.4, -0.2) is 64.8 Å². The fourth-order valence-corrected chi connectivity index (χ4v) is 6.81. The zero-order valence-corrected chi connectivity index (χ0v) is 23.2. The number of aromatic nitrogens is 1. The van der Waals surface area contributed by atoms with Gasteiger partial charge in [-0.25, -0.2) is 0 Å². The lowest BCUT2D eigenvalue weighted by molar-refractivity contribution is 0.0424. The lowest BCUT2D eigenvalue weighted by Crippen LogP contribution is -2.46. The predicted octanol–water partition coefficient (Wildman–Crippen LogP) is 5.46. The number of hydrogen-bond acceptors (Lipinski definition) is 6. The van der Waals surface area contributed by atoms with Crippen molar-refractivity contribution in [3.63, 3.8) is 0 Å². The highest BCUT2D eigenvalue weighted by atomic mass is 127. The molecule has 6 rings (SSSR count). The number of benzene rings is 2. The molecule has 1 aromatic heterocycles. The van der Waals surface area contributed by atoms with Crippen LogP contribution >= 0.6 is 22.6 Å². The molecule has 1 saturated carbocycles. The summed E-state index contributed by atoms with van der Waals surface area (Å²) in [7, 11) is 1.75. The van der Waals surface area contributed by atoms with Crippen LogP contribution in [-0.2, 0) is 13.1 Å².